The highest BCUT2D eigenvalue weighted by Crippen LogP contribution is 2.39. The second-order valence-electron chi connectivity index (χ2n) is 7.18. The first-order valence-corrected chi connectivity index (χ1v) is 9.81. The third-order valence-corrected chi connectivity index (χ3v) is 5.45. The molecule has 5 rings (SSSR count). The van der Waals surface area contributed by atoms with Crippen molar-refractivity contribution in [2.75, 3.05) is 6.61 Å². The van der Waals surface area contributed by atoms with E-state index in [0.717, 1.165) is 16.8 Å². The lowest BCUT2D eigenvalue weighted by molar-refractivity contribution is 0.363. The smallest absolute Gasteiger partial charge is 0.119 e. The van der Waals surface area contributed by atoms with Crippen molar-refractivity contribution in [2.45, 2.75) is 5.92 Å². The molecule has 0 fully saturated rings. The van der Waals surface area contributed by atoms with Crippen molar-refractivity contribution in [3.8, 4) is 5.75 Å². The van der Waals surface area contributed by atoms with Crippen LogP contribution < -0.4 is 4.74 Å². The van der Waals surface area contributed by atoms with E-state index in [1.165, 1.54) is 27.5 Å². The topological polar surface area (TPSA) is 40.8 Å². The predicted octanol–water partition coefficient (Wildman–Crippen LogP) is 6.39. The first-order valence-electron chi connectivity index (χ1n) is 9.81. The summed E-state index contributed by atoms with van der Waals surface area (Å²) in [6, 6.07) is 25.3. The molecule has 0 bridgehead atoms. The molecule has 0 spiro atoms. The van der Waals surface area contributed by atoms with Gasteiger partial charge in [0, 0.05) is 40.1 Å². The van der Waals surface area contributed by atoms with Gasteiger partial charge in [-0.15, -0.1) is 0 Å². The van der Waals surface area contributed by atoms with Crippen molar-refractivity contribution in [2.24, 2.45) is 0 Å². The Bertz CT molecular complexity index is 1200. The van der Waals surface area contributed by atoms with E-state index in [-0.39, 0.29) is 5.92 Å². The summed E-state index contributed by atoms with van der Waals surface area (Å²) in [6.45, 7) is 4.22. The van der Waals surface area contributed by atoms with E-state index < -0.39 is 0 Å². The number of aromatic amines is 2. The minimum Gasteiger partial charge on any atom is -0.490 e. The summed E-state index contributed by atoms with van der Waals surface area (Å²) in [5, 5.41) is 2.49. The Labute approximate surface area is 169 Å². The molecule has 142 valence electrons. The minimum atomic E-state index is 0.107. The second-order valence-corrected chi connectivity index (χ2v) is 7.18. The number of ether oxygens (including phenoxy) is 1. The summed E-state index contributed by atoms with van der Waals surface area (Å²) >= 11 is 0. The van der Waals surface area contributed by atoms with Crippen molar-refractivity contribution in [1.82, 2.24) is 9.97 Å². The van der Waals surface area contributed by atoms with Gasteiger partial charge in [-0.05, 0) is 41.0 Å². The van der Waals surface area contributed by atoms with E-state index in [1.54, 1.807) is 6.08 Å². The molecular weight excluding hydrogens is 356 g/mol. The van der Waals surface area contributed by atoms with Gasteiger partial charge in [0.05, 0.1) is 0 Å². The largest absolute Gasteiger partial charge is 0.490 e. The molecule has 3 nitrogen and oxygen atoms in total. The highest BCUT2D eigenvalue weighted by Gasteiger charge is 2.23. The number of benzene rings is 3. The maximum atomic E-state index is 5.68. The molecular formula is C26H22N2O. The predicted molar refractivity (Wildman–Crippen MR) is 120 cm³/mol. The SMILES string of the molecule is C=CCOc1ccc(C(c2c[nH]c3ccccc23)c2c[nH]c3ccccc23)cc1. The molecule has 0 aliphatic carbocycles. The fraction of sp³-hybridized carbons (Fsp3) is 0.0769. The summed E-state index contributed by atoms with van der Waals surface area (Å²) in [5.74, 6) is 0.959. The Kier molecular flexibility index (Phi) is 4.41. The highest BCUT2D eigenvalue weighted by molar-refractivity contribution is 5.89. The molecule has 29 heavy (non-hydrogen) atoms. The lowest BCUT2D eigenvalue weighted by atomic mass is 9.85. The van der Waals surface area contributed by atoms with Gasteiger partial charge >= 0.3 is 0 Å². The van der Waals surface area contributed by atoms with Crippen LogP contribution >= 0.6 is 0 Å². The summed E-state index contributed by atoms with van der Waals surface area (Å²) in [7, 11) is 0. The summed E-state index contributed by atoms with van der Waals surface area (Å²) in [5.41, 5.74) is 6.07. The molecule has 0 saturated carbocycles. The zero-order valence-electron chi connectivity index (χ0n) is 16.1. The van der Waals surface area contributed by atoms with E-state index in [0.29, 0.717) is 6.61 Å². The van der Waals surface area contributed by atoms with E-state index in [9.17, 15) is 0 Å². The lowest BCUT2D eigenvalue weighted by Crippen LogP contribution is -2.03. The van der Waals surface area contributed by atoms with Crippen LogP contribution in [0, 0.1) is 0 Å². The van der Waals surface area contributed by atoms with Crippen LogP contribution in [0.25, 0.3) is 21.8 Å². The third kappa shape index (κ3) is 3.11. The van der Waals surface area contributed by atoms with Gasteiger partial charge in [0.25, 0.3) is 0 Å². The van der Waals surface area contributed by atoms with Gasteiger partial charge in [-0.2, -0.15) is 0 Å². The van der Waals surface area contributed by atoms with Crippen LogP contribution in [-0.2, 0) is 0 Å². The molecule has 5 aromatic rings. The maximum absolute atomic E-state index is 5.68. The van der Waals surface area contributed by atoms with Gasteiger partial charge in [-0.3, -0.25) is 0 Å². The fourth-order valence-corrected chi connectivity index (χ4v) is 4.10. The van der Waals surface area contributed by atoms with Gasteiger partial charge in [0.1, 0.15) is 12.4 Å². The second kappa shape index (κ2) is 7.36. The summed E-state index contributed by atoms with van der Waals surface area (Å²) in [6.07, 6.45) is 6.03. The molecule has 0 saturated heterocycles. The van der Waals surface area contributed by atoms with E-state index in [1.807, 2.05) is 12.1 Å². The van der Waals surface area contributed by atoms with Crippen molar-refractivity contribution in [3.63, 3.8) is 0 Å². The number of aromatic nitrogens is 2. The quantitative estimate of drug-likeness (QED) is 0.330. The minimum absolute atomic E-state index is 0.107. The van der Waals surface area contributed by atoms with E-state index in [2.05, 4.69) is 89.6 Å². The molecule has 0 radical (unpaired) electrons. The summed E-state index contributed by atoms with van der Waals surface area (Å²) < 4.78 is 5.68. The van der Waals surface area contributed by atoms with Gasteiger partial charge in [-0.25, -0.2) is 0 Å². The monoisotopic (exact) mass is 378 g/mol. The molecule has 0 unspecified atom stereocenters. The number of para-hydroxylation sites is 2. The third-order valence-electron chi connectivity index (χ3n) is 5.45. The molecule has 0 atom stereocenters. The molecule has 2 heterocycles. The van der Waals surface area contributed by atoms with Crippen LogP contribution in [0.3, 0.4) is 0 Å². The first-order chi connectivity index (χ1) is 14.3. The van der Waals surface area contributed by atoms with Crippen LogP contribution in [0.1, 0.15) is 22.6 Å². The van der Waals surface area contributed by atoms with Gasteiger partial charge in [0.2, 0.25) is 0 Å². The zero-order chi connectivity index (χ0) is 19.6. The number of fused-ring (bicyclic) bond motifs is 2. The first kappa shape index (κ1) is 17.4. The Morgan fingerprint density at radius 1 is 0.759 bits per heavy atom. The summed E-state index contributed by atoms with van der Waals surface area (Å²) in [4.78, 5) is 6.88. The molecule has 0 aliphatic heterocycles. The fourth-order valence-electron chi connectivity index (χ4n) is 4.10. The molecule has 0 amide bonds. The molecule has 3 heteroatoms. The standard InChI is InChI=1S/C26H22N2O/c1-2-15-29-19-13-11-18(12-14-19)26(22-16-27-24-9-5-3-7-20(22)24)23-17-28-25-10-6-4-8-21(23)25/h2-14,16-17,26-28H,1,15H2. The van der Waals surface area contributed by atoms with Crippen LogP contribution in [0.4, 0.5) is 0 Å². The highest BCUT2D eigenvalue weighted by atomic mass is 16.5. The van der Waals surface area contributed by atoms with Crippen molar-refractivity contribution in [3.05, 3.63) is 115 Å². The molecule has 3 aromatic carbocycles. The zero-order valence-corrected chi connectivity index (χ0v) is 16.1. The van der Waals surface area contributed by atoms with E-state index in [4.69, 9.17) is 4.74 Å². The Morgan fingerprint density at radius 2 is 1.31 bits per heavy atom. The van der Waals surface area contributed by atoms with Crippen LogP contribution in [-0.4, -0.2) is 16.6 Å². The van der Waals surface area contributed by atoms with Crippen molar-refractivity contribution >= 4 is 21.8 Å². The van der Waals surface area contributed by atoms with E-state index >= 15 is 0 Å². The number of hydrogen-bond donors (Lipinski definition) is 2. The molecule has 2 aromatic heterocycles. The average Bonchev–Trinajstić information content (AvgIpc) is 3.39. The van der Waals surface area contributed by atoms with Crippen molar-refractivity contribution < 1.29 is 4.74 Å². The van der Waals surface area contributed by atoms with Crippen LogP contribution in [0.15, 0.2) is 97.8 Å². The maximum Gasteiger partial charge on any atom is 0.119 e. The normalized spacial score (nSPS) is 11.3. The number of nitrogens with one attached hydrogen (secondary N) is 2. The van der Waals surface area contributed by atoms with Gasteiger partial charge < -0.3 is 14.7 Å². The van der Waals surface area contributed by atoms with Crippen LogP contribution in [0.2, 0.25) is 0 Å². The Balaban J connectivity index is 1.68. The van der Waals surface area contributed by atoms with Gasteiger partial charge in [-0.1, -0.05) is 61.2 Å². The van der Waals surface area contributed by atoms with Gasteiger partial charge in [0.15, 0.2) is 0 Å². The number of rotatable bonds is 6. The Hall–Kier alpha value is -3.72. The van der Waals surface area contributed by atoms with Crippen molar-refractivity contribution in [1.29, 1.82) is 0 Å². The average molecular weight is 378 g/mol. The molecule has 2 N–H and O–H groups in total. The molecule has 0 aliphatic rings. The lowest BCUT2D eigenvalue weighted by Gasteiger charge is -2.18. The number of hydrogen-bond acceptors (Lipinski definition) is 1. The van der Waals surface area contributed by atoms with Crippen LogP contribution in [0.5, 0.6) is 5.75 Å². The number of H-pyrrole nitrogens is 2. The Morgan fingerprint density at radius 3 is 1.86 bits per heavy atom.